The van der Waals surface area contributed by atoms with Crippen LogP contribution in [0.25, 0.3) is 0 Å². The number of hydrogen-bond donors (Lipinski definition) is 1. The van der Waals surface area contributed by atoms with Crippen molar-refractivity contribution in [3.63, 3.8) is 0 Å². The Morgan fingerprint density at radius 1 is 1.19 bits per heavy atom. The third-order valence-corrected chi connectivity index (χ3v) is 4.36. The van der Waals surface area contributed by atoms with Gasteiger partial charge in [-0.3, -0.25) is 4.79 Å². The monoisotopic (exact) mass is 355 g/mol. The summed E-state index contributed by atoms with van der Waals surface area (Å²) in [6.45, 7) is 3.90. The Morgan fingerprint density at radius 3 is 2.73 bits per heavy atom. The second kappa shape index (κ2) is 9.08. The van der Waals surface area contributed by atoms with E-state index in [-0.39, 0.29) is 12.5 Å². The van der Waals surface area contributed by atoms with Gasteiger partial charge in [-0.2, -0.15) is 5.10 Å². The molecule has 1 aliphatic rings. The number of nitrogens with zero attached hydrogens (tertiary/aromatic N) is 2. The summed E-state index contributed by atoms with van der Waals surface area (Å²) in [5.74, 6) is 1.86. The molecule has 6 heteroatoms. The zero-order valence-electron chi connectivity index (χ0n) is 15.1. The SMILES string of the molecule is Cc1ccccc1OCC(=O)N/N=C\c1ccc(N2CCCCCC2)o1. The van der Waals surface area contributed by atoms with Gasteiger partial charge in [-0.25, -0.2) is 5.43 Å². The van der Waals surface area contributed by atoms with Crippen molar-refractivity contribution >= 4 is 18.0 Å². The molecule has 2 heterocycles. The predicted molar refractivity (Wildman–Crippen MR) is 102 cm³/mol. The highest BCUT2D eigenvalue weighted by atomic mass is 16.5. The Balaban J connectivity index is 1.46. The van der Waals surface area contributed by atoms with E-state index in [0.29, 0.717) is 11.5 Å². The minimum Gasteiger partial charge on any atom is -0.483 e. The number of hydrazone groups is 1. The summed E-state index contributed by atoms with van der Waals surface area (Å²) in [5.41, 5.74) is 3.44. The van der Waals surface area contributed by atoms with E-state index >= 15 is 0 Å². The van der Waals surface area contributed by atoms with Crippen LogP contribution < -0.4 is 15.1 Å². The van der Waals surface area contributed by atoms with Crippen molar-refractivity contribution in [2.24, 2.45) is 5.10 Å². The summed E-state index contributed by atoms with van der Waals surface area (Å²) in [6.07, 6.45) is 6.46. The van der Waals surface area contributed by atoms with Gasteiger partial charge >= 0.3 is 0 Å². The van der Waals surface area contributed by atoms with E-state index in [0.717, 1.165) is 24.5 Å². The number of ether oxygens (including phenoxy) is 1. The highest BCUT2D eigenvalue weighted by Gasteiger charge is 2.13. The zero-order chi connectivity index (χ0) is 18.2. The first-order valence-electron chi connectivity index (χ1n) is 9.07. The van der Waals surface area contributed by atoms with Crippen molar-refractivity contribution in [2.75, 3.05) is 24.6 Å². The normalized spacial score (nSPS) is 15.0. The van der Waals surface area contributed by atoms with Crippen molar-refractivity contribution in [1.29, 1.82) is 0 Å². The van der Waals surface area contributed by atoms with E-state index in [4.69, 9.17) is 9.15 Å². The Bertz CT molecular complexity index is 746. The highest BCUT2D eigenvalue weighted by molar-refractivity contribution is 5.81. The first-order valence-corrected chi connectivity index (χ1v) is 9.07. The Labute approximate surface area is 153 Å². The fourth-order valence-corrected chi connectivity index (χ4v) is 2.93. The third kappa shape index (κ3) is 5.12. The standard InChI is InChI=1S/C20H25N3O3/c1-16-8-4-5-9-18(16)25-15-19(24)22-21-14-17-10-11-20(26-17)23-12-6-2-3-7-13-23/h4-5,8-11,14H,2-3,6-7,12-13,15H2,1H3,(H,22,24)/b21-14-. The number of aryl methyl sites for hydroxylation is 1. The lowest BCUT2D eigenvalue weighted by Gasteiger charge is -2.18. The lowest BCUT2D eigenvalue weighted by molar-refractivity contribution is -0.123. The molecular formula is C20H25N3O3. The fraction of sp³-hybridized carbons (Fsp3) is 0.400. The van der Waals surface area contributed by atoms with Gasteiger partial charge in [-0.15, -0.1) is 0 Å². The number of para-hydroxylation sites is 1. The topological polar surface area (TPSA) is 67.1 Å². The van der Waals surface area contributed by atoms with Crippen molar-refractivity contribution in [1.82, 2.24) is 5.43 Å². The number of furan rings is 1. The third-order valence-electron chi connectivity index (χ3n) is 4.36. The second-order valence-corrected chi connectivity index (χ2v) is 6.42. The summed E-state index contributed by atoms with van der Waals surface area (Å²) in [6, 6.07) is 11.4. The fourth-order valence-electron chi connectivity index (χ4n) is 2.93. The van der Waals surface area contributed by atoms with Crippen molar-refractivity contribution in [2.45, 2.75) is 32.6 Å². The molecule has 1 amide bonds. The van der Waals surface area contributed by atoms with Crippen molar-refractivity contribution in [3.8, 4) is 5.75 Å². The minimum atomic E-state index is -0.316. The first kappa shape index (κ1) is 18.0. The quantitative estimate of drug-likeness (QED) is 0.636. The molecule has 3 rings (SSSR count). The number of rotatable bonds is 6. The van der Waals surface area contributed by atoms with Gasteiger partial charge in [0, 0.05) is 19.2 Å². The average molecular weight is 355 g/mol. The maximum atomic E-state index is 11.8. The molecule has 0 unspecified atom stereocenters. The number of benzene rings is 1. The molecule has 0 saturated carbocycles. The zero-order valence-corrected chi connectivity index (χ0v) is 15.1. The van der Waals surface area contributed by atoms with Crippen LogP contribution in [0.5, 0.6) is 5.75 Å². The van der Waals surface area contributed by atoms with Gasteiger partial charge in [-0.1, -0.05) is 31.0 Å². The van der Waals surface area contributed by atoms with Crippen LogP contribution in [0.1, 0.15) is 37.0 Å². The van der Waals surface area contributed by atoms with Crippen LogP contribution in [0, 0.1) is 6.92 Å². The van der Waals surface area contributed by atoms with Gasteiger partial charge in [0.2, 0.25) is 0 Å². The molecule has 1 aromatic carbocycles. The number of carbonyl (C=O) groups excluding carboxylic acids is 1. The lowest BCUT2D eigenvalue weighted by atomic mass is 10.2. The first-order chi connectivity index (χ1) is 12.7. The molecule has 138 valence electrons. The molecular weight excluding hydrogens is 330 g/mol. The molecule has 0 bridgehead atoms. The molecule has 1 aliphatic heterocycles. The van der Waals surface area contributed by atoms with Crippen molar-refractivity contribution in [3.05, 3.63) is 47.7 Å². The number of carbonyl (C=O) groups is 1. The summed E-state index contributed by atoms with van der Waals surface area (Å²) in [5, 5.41) is 3.94. The van der Waals surface area contributed by atoms with E-state index < -0.39 is 0 Å². The molecule has 0 radical (unpaired) electrons. The number of amides is 1. The Hall–Kier alpha value is -2.76. The van der Waals surface area contributed by atoms with E-state index in [1.54, 1.807) is 0 Å². The minimum absolute atomic E-state index is 0.0840. The van der Waals surface area contributed by atoms with Crippen LogP contribution in [-0.2, 0) is 4.79 Å². The van der Waals surface area contributed by atoms with Gasteiger partial charge in [0.1, 0.15) is 11.5 Å². The summed E-state index contributed by atoms with van der Waals surface area (Å²) >= 11 is 0. The van der Waals surface area contributed by atoms with E-state index in [9.17, 15) is 4.79 Å². The molecule has 1 saturated heterocycles. The number of anilines is 1. The summed E-state index contributed by atoms with van der Waals surface area (Å²) < 4.78 is 11.3. The summed E-state index contributed by atoms with van der Waals surface area (Å²) in [4.78, 5) is 14.1. The van der Waals surface area contributed by atoms with Crippen LogP contribution in [0.3, 0.4) is 0 Å². The molecule has 2 aromatic rings. The van der Waals surface area contributed by atoms with Crippen LogP contribution in [0.4, 0.5) is 5.88 Å². The maximum absolute atomic E-state index is 11.8. The molecule has 1 fully saturated rings. The average Bonchev–Trinajstić information content (AvgIpc) is 2.94. The molecule has 1 aromatic heterocycles. The highest BCUT2D eigenvalue weighted by Crippen LogP contribution is 2.21. The Morgan fingerprint density at radius 2 is 1.96 bits per heavy atom. The van der Waals surface area contributed by atoms with Crippen LogP contribution >= 0.6 is 0 Å². The van der Waals surface area contributed by atoms with E-state index in [1.807, 2.05) is 43.3 Å². The smallest absolute Gasteiger partial charge is 0.277 e. The molecule has 0 spiro atoms. The van der Waals surface area contributed by atoms with Gasteiger partial charge in [0.25, 0.3) is 5.91 Å². The lowest BCUT2D eigenvalue weighted by Crippen LogP contribution is -2.24. The van der Waals surface area contributed by atoms with Gasteiger partial charge < -0.3 is 14.1 Å². The molecule has 26 heavy (non-hydrogen) atoms. The van der Waals surface area contributed by atoms with Gasteiger partial charge in [-0.05, 0) is 37.5 Å². The van der Waals surface area contributed by atoms with Gasteiger partial charge in [0.15, 0.2) is 12.5 Å². The number of nitrogens with one attached hydrogen (secondary N) is 1. The second-order valence-electron chi connectivity index (χ2n) is 6.42. The molecule has 0 aliphatic carbocycles. The van der Waals surface area contributed by atoms with Crippen LogP contribution in [0.2, 0.25) is 0 Å². The Kier molecular flexibility index (Phi) is 6.30. The van der Waals surface area contributed by atoms with E-state index in [2.05, 4.69) is 15.4 Å². The molecule has 0 atom stereocenters. The summed E-state index contributed by atoms with van der Waals surface area (Å²) in [7, 11) is 0. The van der Waals surface area contributed by atoms with E-state index in [1.165, 1.54) is 31.9 Å². The maximum Gasteiger partial charge on any atom is 0.277 e. The predicted octanol–water partition coefficient (Wildman–Crippen LogP) is 3.50. The van der Waals surface area contributed by atoms with Crippen molar-refractivity contribution < 1.29 is 13.9 Å². The van der Waals surface area contributed by atoms with Crippen LogP contribution in [-0.4, -0.2) is 31.8 Å². The largest absolute Gasteiger partial charge is 0.483 e. The molecule has 6 nitrogen and oxygen atoms in total. The number of hydrogen-bond acceptors (Lipinski definition) is 5. The van der Waals surface area contributed by atoms with Gasteiger partial charge in [0.05, 0.1) is 6.21 Å². The molecule has 1 N–H and O–H groups in total. The van der Waals surface area contributed by atoms with Crippen LogP contribution in [0.15, 0.2) is 45.9 Å².